The Labute approximate surface area is 121 Å². The second-order valence-corrected chi connectivity index (χ2v) is 6.81. The van der Waals surface area contributed by atoms with Crippen molar-refractivity contribution in [3.8, 4) is 0 Å². The van der Waals surface area contributed by atoms with E-state index in [0.717, 1.165) is 19.3 Å². The van der Waals surface area contributed by atoms with Gasteiger partial charge in [-0.05, 0) is 53.1 Å². The first-order chi connectivity index (χ1) is 8.35. The van der Waals surface area contributed by atoms with Crippen LogP contribution in [0.15, 0.2) is 16.6 Å². The molecule has 1 aromatic rings. The molecule has 0 heterocycles. The summed E-state index contributed by atoms with van der Waals surface area (Å²) >= 11 is 9.18. The lowest BCUT2D eigenvalue weighted by Crippen LogP contribution is -2.43. The molecule has 3 atom stereocenters. The van der Waals surface area contributed by atoms with E-state index in [1.807, 2.05) is 0 Å². The van der Waals surface area contributed by atoms with Gasteiger partial charge >= 0.3 is 0 Å². The minimum absolute atomic E-state index is 0.128. The summed E-state index contributed by atoms with van der Waals surface area (Å²) in [7, 11) is 0. The first-order valence-corrected chi connectivity index (χ1v) is 7.45. The van der Waals surface area contributed by atoms with Crippen LogP contribution in [0.3, 0.4) is 0 Å². The SMILES string of the molecule is CC1CCC(N)(c2ccc(Br)c(Cl)c2F)CC1C. The van der Waals surface area contributed by atoms with Gasteiger partial charge in [0.15, 0.2) is 0 Å². The van der Waals surface area contributed by atoms with Crippen LogP contribution < -0.4 is 5.73 Å². The van der Waals surface area contributed by atoms with Gasteiger partial charge in [0.2, 0.25) is 0 Å². The Kier molecular flexibility index (Phi) is 4.05. The average Bonchev–Trinajstić information content (AvgIpc) is 2.31. The quantitative estimate of drug-likeness (QED) is 0.730. The van der Waals surface area contributed by atoms with Crippen LogP contribution in [0.25, 0.3) is 0 Å². The molecule has 2 N–H and O–H groups in total. The summed E-state index contributed by atoms with van der Waals surface area (Å²) in [6.45, 7) is 4.42. The third-order valence-corrected chi connectivity index (χ3v) is 5.53. The summed E-state index contributed by atoms with van der Waals surface area (Å²) < 4.78 is 14.8. The lowest BCUT2D eigenvalue weighted by molar-refractivity contribution is 0.173. The van der Waals surface area contributed by atoms with Gasteiger partial charge in [-0.1, -0.05) is 31.5 Å². The summed E-state index contributed by atoms with van der Waals surface area (Å²) in [5.74, 6) is 0.775. The minimum Gasteiger partial charge on any atom is -0.321 e. The smallest absolute Gasteiger partial charge is 0.147 e. The molecule has 1 aromatic carbocycles. The lowest BCUT2D eigenvalue weighted by Gasteiger charge is -2.40. The predicted octanol–water partition coefficient (Wildman–Crippen LogP) is 4.85. The standard InChI is InChI=1S/C14H18BrClFN/c1-8-5-6-14(18,7-9(8)2)10-3-4-11(15)12(16)13(10)17/h3-4,8-9H,5-7,18H2,1-2H3. The van der Waals surface area contributed by atoms with Gasteiger partial charge in [0.05, 0.1) is 5.02 Å². The molecule has 0 spiro atoms. The van der Waals surface area contributed by atoms with E-state index in [1.165, 1.54) is 0 Å². The van der Waals surface area contributed by atoms with Crippen LogP contribution in [-0.4, -0.2) is 0 Å². The van der Waals surface area contributed by atoms with Crippen molar-refractivity contribution in [2.45, 2.75) is 38.6 Å². The first kappa shape index (κ1) is 14.3. The zero-order valence-electron chi connectivity index (χ0n) is 10.6. The van der Waals surface area contributed by atoms with Gasteiger partial charge in [-0.25, -0.2) is 4.39 Å². The fraction of sp³-hybridized carbons (Fsp3) is 0.571. The maximum absolute atomic E-state index is 14.3. The molecule has 1 nitrogen and oxygen atoms in total. The second kappa shape index (κ2) is 5.10. The monoisotopic (exact) mass is 333 g/mol. The molecule has 1 saturated carbocycles. The van der Waals surface area contributed by atoms with Crippen LogP contribution in [0.5, 0.6) is 0 Å². The molecule has 2 rings (SSSR count). The molecule has 0 aromatic heterocycles. The number of hydrogen-bond acceptors (Lipinski definition) is 1. The van der Waals surface area contributed by atoms with Gasteiger partial charge in [0.1, 0.15) is 5.82 Å². The van der Waals surface area contributed by atoms with E-state index in [9.17, 15) is 4.39 Å². The van der Waals surface area contributed by atoms with Crippen LogP contribution in [0.4, 0.5) is 4.39 Å². The van der Waals surface area contributed by atoms with Crippen molar-refractivity contribution in [3.63, 3.8) is 0 Å². The number of nitrogens with two attached hydrogens (primary N) is 1. The highest BCUT2D eigenvalue weighted by Crippen LogP contribution is 2.43. The van der Waals surface area contributed by atoms with Crippen molar-refractivity contribution in [1.29, 1.82) is 0 Å². The maximum Gasteiger partial charge on any atom is 0.147 e. The Morgan fingerprint density at radius 2 is 2.06 bits per heavy atom. The van der Waals surface area contributed by atoms with Gasteiger partial charge in [-0.3, -0.25) is 0 Å². The van der Waals surface area contributed by atoms with Crippen molar-refractivity contribution < 1.29 is 4.39 Å². The molecule has 0 saturated heterocycles. The molecule has 100 valence electrons. The molecule has 0 amide bonds. The van der Waals surface area contributed by atoms with Crippen molar-refractivity contribution in [3.05, 3.63) is 33.0 Å². The Bertz CT molecular complexity index is 465. The number of hydrogen-bond donors (Lipinski definition) is 1. The molecule has 4 heteroatoms. The molecule has 0 bridgehead atoms. The van der Waals surface area contributed by atoms with Crippen molar-refractivity contribution in [2.75, 3.05) is 0 Å². The van der Waals surface area contributed by atoms with E-state index >= 15 is 0 Å². The third-order valence-electron chi connectivity index (χ3n) is 4.28. The van der Waals surface area contributed by atoms with Gasteiger partial charge in [0, 0.05) is 15.6 Å². The lowest BCUT2D eigenvalue weighted by atomic mass is 9.69. The summed E-state index contributed by atoms with van der Waals surface area (Å²) in [6, 6.07) is 3.53. The Balaban J connectivity index is 2.39. The Morgan fingerprint density at radius 3 is 2.67 bits per heavy atom. The van der Waals surface area contributed by atoms with Gasteiger partial charge < -0.3 is 5.73 Å². The first-order valence-electron chi connectivity index (χ1n) is 6.28. The van der Waals surface area contributed by atoms with Crippen LogP contribution in [0.2, 0.25) is 5.02 Å². The van der Waals surface area contributed by atoms with Gasteiger partial charge in [-0.2, -0.15) is 0 Å². The zero-order valence-corrected chi connectivity index (χ0v) is 13.0. The third kappa shape index (κ3) is 2.45. The highest BCUT2D eigenvalue weighted by molar-refractivity contribution is 9.10. The number of benzene rings is 1. The molecule has 1 aliphatic carbocycles. The molecular formula is C14H18BrClFN. The van der Waals surface area contributed by atoms with Crippen molar-refractivity contribution in [1.82, 2.24) is 0 Å². The normalized spacial score (nSPS) is 32.6. The van der Waals surface area contributed by atoms with E-state index in [1.54, 1.807) is 12.1 Å². The average molecular weight is 335 g/mol. The van der Waals surface area contributed by atoms with E-state index in [2.05, 4.69) is 29.8 Å². The minimum atomic E-state index is -0.583. The summed E-state index contributed by atoms with van der Waals surface area (Å²) in [5, 5.41) is 0.128. The van der Waals surface area contributed by atoms with Crippen LogP contribution >= 0.6 is 27.5 Å². The zero-order chi connectivity index (χ0) is 13.5. The molecule has 1 aliphatic rings. The van der Waals surface area contributed by atoms with E-state index in [4.69, 9.17) is 17.3 Å². The van der Waals surface area contributed by atoms with E-state index in [0.29, 0.717) is 21.9 Å². The van der Waals surface area contributed by atoms with Crippen LogP contribution in [-0.2, 0) is 5.54 Å². The summed E-state index contributed by atoms with van der Waals surface area (Å²) in [5.41, 5.74) is 6.41. The van der Waals surface area contributed by atoms with Crippen molar-refractivity contribution >= 4 is 27.5 Å². The fourth-order valence-electron chi connectivity index (χ4n) is 2.80. The molecule has 1 fully saturated rings. The molecule has 0 aliphatic heterocycles. The number of rotatable bonds is 1. The highest BCUT2D eigenvalue weighted by Gasteiger charge is 2.38. The Morgan fingerprint density at radius 1 is 1.39 bits per heavy atom. The fourth-order valence-corrected chi connectivity index (χ4v) is 3.27. The van der Waals surface area contributed by atoms with Gasteiger partial charge in [0.25, 0.3) is 0 Å². The highest BCUT2D eigenvalue weighted by atomic mass is 79.9. The summed E-state index contributed by atoms with van der Waals surface area (Å²) in [4.78, 5) is 0. The van der Waals surface area contributed by atoms with Crippen molar-refractivity contribution in [2.24, 2.45) is 17.6 Å². The Hall–Kier alpha value is -0.120. The second-order valence-electron chi connectivity index (χ2n) is 5.58. The van der Waals surface area contributed by atoms with Crippen LogP contribution in [0, 0.1) is 17.7 Å². The molecule has 18 heavy (non-hydrogen) atoms. The van der Waals surface area contributed by atoms with Gasteiger partial charge in [-0.15, -0.1) is 0 Å². The maximum atomic E-state index is 14.3. The topological polar surface area (TPSA) is 26.0 Å². The van der Waals surface area contributed by atoms with E-state index < -0.39 is 5.54 Å². The van der Waals surface area contributed by atoms with E-state index in [-0.39, 0.29) is 10.8 Å². The number of halogens is 3. The van der Waals surface area contributed by atoms with Crippen LogP contribution in [0.1, 0.15) is 38.7 Å². The largest absolute Gasteiger partial charge is 0.321 e. The molecule has 3 unspecified atom stereocenters. The molecule has 0 radical (unpaired) electrons. The molecular weight excluding hydrogens is 317 g/mol. The predicted molar refractivity (Wildman–Crippen MR) is 77.2 cm³/mol. The summed E-state index contributed by atoms with van der Waals surface area (Å²) in [6.07, 6.45) is 2.65.